The zero-order valence-electron chi connectivity index (χ0n) is 19.2. The number of halogens is 4. The van der Waals surface area contributed by atoms with Gasteiger partial charge in [0, 0.05) is 37.7 Å². The first-order chi connectivity index (χ1) is 17.1. The molecule has 12 heteroatoms. The van der Waals surface area contributed by atoms with E-state index in [4.69, 9.17) is 22.1 Å². The number of aryl methyl sites for hydroxylation is 1. The van der Waals surface area contributed by atoms with Crippen LogP contribution < -0.4 is 16.2 Å². The number of hydrogen-bond donors (Lipinski definition) is 1. The van der Waals surface area contributed by atoms with E-state index in [1.807, 2.05) is 4.90 Å². The van der Waals surface area contributed by atoms with Gasteiger partial charge in [-0.1, -0.05) is 17.7 Å². The molecule has 2 aliphatic rings. The summed E-state index contributed by atoms with van der Waals surface area (Å²) in [4.78, 5) is 26.9. The maximum Gasteiger partial charge on any atom is 0.418 e. The summed E-state index contributed by atoms with van der Waals surface area (Å²) in [6.45, 7) is 2.87. The Hall–Kier alpha value is -3.60. The third-order valence-corrected chi connectivity index (χ3v) is 6.78. The summed E-state index contributed by atoms with van der Waals surface area (Å²) < 4.78 is 49.6. The molecular formula is C24H22ClF3N6O2. The molecule has 8 nitrogen and oxygen atoms in total. The van der Waals surface area contributed by atoms with Crippen molar-refractivity contribution in [2.75, 3.05) is 30.3 Å². The van der Waals surface area contributed by atoms with E-state index in [0.717, 1.165) is 0 Å². The van der Waals surface area contributed by atoms with Gasteiger partial charge in [-0.3, -0.25) is 4.79 Å². The first-order valence-electron chi connectivity index (χ1n) is 11.3. The molecule has 0 saturated heterocycles. The molecule has 0 radical (unpaired) electrons. The average Bonchev–Trinajstić information content (AvgIpc) is 3.00. The zero-order valence-corrected chi connectivity index (χ0v) is 20.0. The van der Waals surface area contributed by atoms with Crippen molar-refractivity contribution in [2.45, 2.75) is 32.0 Å². The third-order valence-electron chi connectivity index (χ3n) is 6.35. The van der Waals surface area contributed by atoms with Crippen LogP contribution in [0.3, 0.4) is 0 Å². The quantitative estimate of drug-likeness (QED) is 0.562. The summed E-state index contributed by atoms with van der Waals surface area (Å²) in [5.74, 6) is -0.165. The molecule has 188 valence electrons. The van der Waals surface area contributed by atoms with Crippen LogP contribution >= 0.6 is 11.6 Å². The second-order valence-electron chi connectivity index (χ2n) is 8.64. The lowest BCUT2D eigenvalue weighted by Crippen LogP contribution is -2.33. The maximum atomic E-state index is 14.0. The van der Waals surface area contributed by atoms with E-state index in [1.54, 1.807) is 22.9 Å². The minimum atomic E-state index is -4.64. The van der Waals surface area contributed by atoms with Crippen molar-refractivity contribution in [3.63, 3.8) is 0 Å². The summed E-state index contributed by atoms with van der Waals surface area (Å²) in [6.07, 6.45) is -1.49. The first kappa shape index (κ1) is 24.1. The predicted molar refractivity (Wildman–Crippen MR) is 129 cm³/mol. The Kier molecular flexibility index (Phi) is 6.11. The maximum absolute atomic E-state index is 14.0. The lowest BCUT2D eigenvalue weighted by molar-refractivity contribution is -0.139. The van der Waals surface area contributed by atoms with E-state index in [-0.39, 0.29) is 46.5 Å². The van der Waals surface area contributed by atoms with Gasteiger partial charge in [0.25, 0.3) is 5.56 Å². The molecule has 0 spiro atoms. The van der Waals surface area contributed by atoms with Gasteiger partial charge in [-0.05, 0) is 24.6 Å². The highest BCUT2D eigenvalue weighted by Gasteiger charge is 2.42. The van der Waals surface area contributed by atoms with Crippen molar-refractivity contribution >= 4 is 29.0 Å². The summed E-state index contributed by atoms with van der Waals surface area (Å²) in [6, 6.07) is 6.14. The molecule has 3 aromatic rings. The van der Waals surface area contributed by atoms with Crippen LogP contribution in [-0.4, -0.2) is 39.2 Å². The van der Waals surface area contributed by atoms with E-state index >= 15 is 0 Å². The molecule has 1 aliphatic carbocycles. The van der Waals surface area contributed by atoms with E-state index in [9.17, 15) is 18.0 Å². The van der Waals surface area contributed by atoms with Crippen molar-refractivity contribution in [1.82, 2.24) is 19.5 Å². The van der Waals surface area contributed by atoms with Crippen molar-refractivity contribution in [3.05, 3.63) is 80.3 Å². The molecule has 4 heterocycles. The number of hydrogen-bond acceptors (Lipinski definition) is 7. The van der Waals surface area contributed by atoms with Crippen LogP contribution in [0.2, 0.25) is 0 Å². The topological polar surface area (TPSA) is 99.2 Å². The van der Waals surface area contributed by atoms with Gasteiger partial charge in [-0.15, -0.1) is 0 Å². The van der Waals surface area contributed by atoms with Crippen LogP contribution in [0.1, 0.15) is 34.0 Å². The summed E-state index contributed by atoms with van der Waals surface area (Å²) in [5.41, 5.74) is 5.62. The van der Waals surface area contributed by atoms with Gasteiger partial charge < -0.3 is 19.9 Å². The van der Waals surface area contributed by atoms with E-state index in [1.165, 1.54) is 25.4 Å². The van der Waals surface area contributed by atoms with Crippen molar-refractivity contribution in [2.24, 2.45) is 0 Å². The molecule has 1 aliphatic heterocycles. The van der Waals surface area contributed by atoms with E-state index < -0.39 is 17.7 Å². The fraction of sp³-hybridized carbons (Fsp3) is 0.333. The number of nitrogens with zero attached hydrogens (tertiary/aromatic N) is 5. The zero-order chi connectivity index (χ0) is 25.6. The Labute approximate surface area is 209 Å². The number of ether oxygens (including phenoxy) is 1. The third kappa shape index (κ3) is 4.27. The SMILES string of the molecule is Cc1cc(N)nc(C2Cc3ncnc4c3C(=C2Cl)OCCN4CCn2ccccc2=O)c1C(F)(F)F. The van der Waals surface area contributed by atoms with Crippen molar-refractivity contribution in [1.29, 1.82) is 0 Å². The number of rotatable bonds is 4. The number of anilines is 2. The lowest BCUT2D eigenvalue weighted by Gasteiger charge is -2.29. The van der Waals surface area contributed by atoms with E-state index in [2.05, 4.69) is 15.0 Å². The highest BCUT2D eigenvalue weighted by molar-refractivity contribution is 6.33. The van der Waals surface area contributed by atoms with Crippen molar-refractivity contribution in [3.8, 4) is 0 Å². The smallest absolute Gasteiger partial charge is 0.418 e. The van der Waals surface area contributed by atoms with Crippen LogP contribution in [-0.2, 0) is 23.9 Å². The number of nitrogen functional groups attached to an aromatic ring is 1. The Morgan fingerprint density at radius 3 is 2.81 bits per heavy atom. The molecule has 0 amide bonds. The minimum Gasteiger partial charge on any atom is -0.490 e. The van der Waals surface area contributed by atoms with E-state index in [0.29, 0.717) is 36.7 Å². The van der Waals surface area contributed by atoms with Crippen LogP contribution in [0.25, 0.3) is 5.76 Å². The Morgan fingerprint density at radius 2 is 2.06 bits per heavy atom. The Balaban J connectivity index is 1.57. The minimum absolute atomic E-state index is 0.0248. The number of nitrogens with two attached hydrogens (primary N) is 1. The van der Waals surface area contributed by atoms with Gasteiger partial charge in [0.05, 0.1) is 34.1 Å². The molecule has 1 atom stereocenters. The molecule has 5 rings (SSSR count). The Morgan fingerprint density at radius 1 is 1.25 bits per heavy atom. The van der Waals surface area contributed by atoms with Crippen molar-refractivity contribution < 1.29 is 17.9 Å². The lowest BCUT2D eigenvalue weighted by atomic mass is 9.86. The number of alkyl halides is 3. The van der Waals surface area contributed by atoms with Gasteiger partial charge in [-0.25, -0.2) is 15.0 Å². The summed E-state index contributed by atoms with van der Waals surface area (Å²) in [5, 5.41) is 0.0997. The Bertz CT molecular complexity index is 1420. The van der Waals surface area contributed by atoms with Gasteiger partial charge in [0.15, 0.2) is 0 Å². The molecular weight excluding hydrogens is 497 g/mol. The molecule has 0 fully saturated rings. The predicted octanol–water partition coefficient (Wildman–Crippen LogP) is 3.73. The average molecular weight is 519 g/mol. The number of allylic oxidation sites excluding steroid dienone is 1. The van der Waals surface area contributed by atoms with Gasteiger partial charge in [0.2, 0.25) is 0 Å². The highest BCUT2D eigenvalue weighted by Crippen LogP contribution is 2.48. The molecule has 2 N–H and O–H groups in total. The fourth-order valence-corrected chi connectivity index (χ4v) is 5.09. The standard InChI is InChI=1S/C24H22ClF3N6O2/c1-13-10-16(29)32-21(19(13)24(26,27)28)14-11-15-18-22(20(14)25)36-9-8-34(23(18)31-12-30-15)7-6-33-5-3-2-4-17(33)35/h2-5,10,12,14H,6-9,11H2,1H3,(H2,29,32). The number of pyridine rings is 2. The monoisotopic (exact) mass is 518 g/mol. The molecule has 0 saturated carbocycles. The van der Waals surface area contributed by atoms with Gasteiger partial charge in [-0.2, -0.15) is 13.2 Å². The molecule has 0 aromatic carbocycles. The van der Waals surface area contributed by atoms with Crippen LogP contribution in [0.15, 0.2) is 46.6 Å². The largest absolute Gasteiger partial charge is 0.490 e. The fourth-order valence-electron chi connectivity index (χ4n) is 4.76. The van der Waals surface area contributed by atoms with Gasteiger partial charge >= 0.3 is 6.18 Å². The van der Waals surface area contributed by atoms with Gasteiger partial charge in [0.1, 0.15) is 30.3 Å². The number of aromatic nitrogens is 4. The van der Waals surface area contributed by atoms with Crippen LogP contribution in [0.4, 0.5) is 24.8 Å². The molecule has 3 aromatic heterocycles. The summed E-state index contributed by atoms with van der Waals surface area (Å²) >= 11 is 6.74. The molecule has 0 bridgehead atoms. The highest BCUT2D eigenvalue weighted by atomic mass is 35.5. The normalized spacial score (nSPS) is 17.5. The van der Waals surface area contributed by atoms with Crippen LogP contribution in [0, 0.1) is 6.92 Å². The summed E-state index contributed by atoms with van der Waals surface area (Å²) in [7, 11) is 0. The second kappa shape index (κ2) is 9.12. The first-order valence-corrected chi connectivity index (χ1v) is 11.6. The molecule has 36 heavy (non-hydrogen) atoms. The van der Waals surface area contributed by atoms with Crippen LogP contribution in [0.5, 0.6) is 0 Å². The second-order valence-corrected chi connectivity index (χ2v) is 9.05. The molecule has 1 unspecified atom stereocenters.